The highest BCUT2D eigenvalue weighted by Crippen LogP contribution is 2.34. The molecule has 6 nitrogen and oxygen atoms in total. The number of aromatic nitrogens is 2. The first-order valence-electron chi connectivity index (χ1n) is 12.2. The molecule has 2 atom stereocenters. The van der Waals surface area contributed by atoms with Crippen molar-refractivity contribution in [3.63, 3.8) is 0 Å². The molecule has 0 spiro atoms. The number of thioether (sulfide) groups is 1. The third-order valence-electron chi connectivity index (χ3n) is 6.81. The van der Waals surface area contributed by atoms with Crippen molar-refractivity contribution in [2.75, 3.05) is 26.2 Å². The van der Waals surface area contributed by atoms with Crippen LogP contribution in [0.25, 0.3) is 11.7 Å². The van der Waals surface area contributed by atoms with Gasteiger partial charge < -0.3 is 10.2 Å². The van der Waals surface area contributed by atoms with E-state index in [4.69, 9.17) is 0 Å². The summed E-state index contributed by atoms with van der Waals surface area (Å²) in [6.07, 6.45) is 5.85. The van der Waals surface area contributed by atoms with E-state index in [9.17, 15) is 4.79 Å². The summed E-state index contributed by atoms with van der Waals surface area (Å²) in [4.78, 5) is 23.1. The van der Waals surface area contributed by atoms with Gasteiger partial charge in [0.1, 0.15) is 5.65 Å². The maximum absolute atomic E-state index is 12.7. The van der Waals surface area contributed by atoms with Crippen molar-refractivity contribution in [3.8, 4) is 0 Å². The summed E-state index contributed by atoms with van der Waals surface area (Å²) in [5.41, 5.74) is 3.27. The van der Waals surface area contributed by atoms with E-state index in [0.717, 1.165) is 60.3 Å². The zero-order valence-corrected chi connectivity index (χ0v) is 24.5. The Bertz CT molecular complexity index is 1180. The zero-order chi connectivity index (χ0) is 23.5. The number of nitrogens with one attached hydrogen (secondary N) is 1. The Balaban J connectivity index is 0.00000160. The minimum absolute atomic E-state index is 0. The van der Waals surface area contributed by atoms with Gasteiger partial charge in [-0.3, -0.25) is 14.1 Å². The van der Waals surface area contributed by atoms with Crippen LogP contribution in [0.15, 0.2) is 64.7 Å². The van der Waals surface area contributed by atoms with Gasteiger partial charge in [-0.2, -0.15) is 0 Å². The number of unbranched alkanes of at least 4 members (excludes halogenated alkanes) is 1. The van der Waals surface area contributed by atoms with E-state index >= 15 is 0 Å². The van der Waals surface area contributed by atoms with Gasteiger partial charge in [-0.1, -0.05) is 48.2 Å². The van der Waals surface area contributed by atoms with Crippen molar-refractivity contribution in [1.82, 2.24) is 24.5 Å². The molecule has 2 aromatic heterocycles. The summed E-state index contributed by atoms with van der Waals surface area (Å²) in [6, 6.07) is 17.8. The van der Waals surface area contributed by atoms with Crippen LogP contribution in [0, 0.1) is 0 Å². The van der Waals surface area contributed by atoms with Crippen molar-refractivity contribution in [1.29, 1.82) is 0 Å². The Hall–Kier alpha value is -1.74. The molecule has 2 aliphatic rings. The molecule has 10 heteroatoms. The lowest BCUT2D eigenvalue weighted by Gasteiger charge is -2.44. The van der Waals surface area contributed by atoms with Gasteiger partial charge in [-0.25, -0.2) is 4.98 Å². The largest absolute Gasteiger partial charge is 0.352 e. The van der Waals surface area contributed by atoms with Gasteiger partial charge in [-0.15, -0.1) is 37.2 Å². The predicted octanol–water partition coefficient (Wildman–Crippen LogP) is 5.54. The van der Waals surface area contributed by atoms with E-state index in [-0.39, 0.29) is 43.1 Å². The van der Waals surface area contributed by atoms with Crippen molar-refractivity contribution < 1.29 is 4.79 Å². The average molecular weight is 585 g/mol. The number of carbonyl (C=O) groups excluding carboxylic acids is 1. The molecular weight excluding hydrogens is 549 g/mol. The van der Waals surface area contributed by atoms with E-state index < -0.39 is 0 Å². The molecule has 3 aromatic rings. The van der Waals surface area contributed by atoms with Crippen LogP contribution in [-0.2, 0) is 11.3 Å². The number of carbonyl (C=O) groups is 1. The highest BCUT2D eigenvalue weighted by Gasteiger charge is 2.29. The van der Waals surface area contributed by atoms with Gasteiger partial charge in [0.05, 0.1) is 21.8 Å². The lowest BCUT2D eigenvalue weighted by atomic mass is 10.1. The van der Waals surface area contributed by atoms with Crippen LogP contribution in [0.1, 0.15) is 37.9 Å². The van der Waals surface area contributed by atoms with Gasteiger partial charge in [0, 0.05) is 38.3 Å². The molecule has 1 saturated heterocycles. The summed E-state index contributed by atoms with van der Waals surface area (Å²) in [7, 11) is 0. The van der Waals surface area contributed by atoms with Crippen LogP contribution < -0.4 is 5.32 Å². The van der Waals surface area contributed by atoms with Crippen LogP contribution in [-0.4, -0.2) is 63.4 Å². The Labute approximate surface area is 242 Å². The molecule has 1 fully saturated rings. The van der Waals surface area contributed by atoms with Gasteiger partial charge in [0.15, 0.2) is 0 Å². The summed E-state index contributed by atoms with van der Waals surface area (Å²) in [5, 5.41) is 4.15. The molecule has 0 aliphatic carbocycles. The maximum atomic E-state index is 12.7. The van der Waals surface area contributed by atoms with Crippen molar-refractivity contribution in [3.05, 3.63) is 70.9 Å². The van der Waals surface area contributed by atoms with Gasteiger partial charge >= 0.3 is 0 Å². The fraction of sp³-hybridized carbons (Fsp3) is 0.407. The molecule has 2 aliphatic heterocycles. The van der Waals surface area contributed by atoms with E-state index in [1.807, 2.05) is 30.5 Å². The number of amides is 1. The number of nitrogens with zero attached hydrogens (tertiary/aromatic N) is 4. The molecule has 5 rings (SSSR count). The second-order valence-electron chi connectivity index (χ2n) is 9.43. The number of hydrogen-bond donors (Lipinski definition) is 1. The second kappa shape index (κ2) is 14.4. The Morgan fingerprint density at radius 2 is 1.73 bits per heavy atom. The van der Waals surface area contributed by atoms with Crippen LogP contribution in [0.4, 0.5) is 0 Å². The molecule has 37 heavy (non-hydrogen) atoms. The molecule has 4 heterocycles. The van der Waals surface area contributed by atoms with Crippen molar-refractivity contribution in [2.45, 2.75) is 50.3 Å². The topological polar surface area (TPSA) is 52.9 Å². The SMILES string of the molecule is CC1CN(CCCCNC(=O)C2=Cc3cnc4cccc(n34)S2)CC(C)N1Cc1ccccc1.Cl.Cl.Cl. The third-order valence-corrected chi connectivity index (χ3v) is 7.86. The molecule has 0 radical (unpaired) electrons. The van der Waals surface area contributed by atoms with Crippen LogP contribution >= 0.6 is 49.0 Å². The van der Waals surface area contributed by atoms with E-state index in [2.05, 4.69) is 68.7 Å². The Morgan fingerprint density at radius 1 is 1.00 bits per heavy atom. The summed E-state index contributed by atoms with van der Waals surface area (Å²) in [6.45, 7) is 9.70. The Morgan fingerprint density at radius 3 is 2.46 bits per heavy atom. The first-order valence-corrected chi connectivity index (χ1v) is 13.1. The minimum Gasteiger partial charge on any atom is -0.352 e. The maximum Gasteiger partial charge on any atom is 0.258 e. The smallest absolute Gasteiger partial charge is 0.258 e. The van der Waals surface area contributed by atoms with E-state index in [1.165, 1.54) is 17.3 Å². The quantitative estimate of drug-likeness (QED) is 0.353. The van der Waals surface area contributed by atoms with Gasteiger partial charge in [0.2, 0.25) is 0 Å². The first kappa shape index (κ1) is 31.5. The van der Waals surface area contributed by atoms with Gasteiger partial charge in [0.25, 0.3) is 5.91 Å². The van der Waals surface area contributed by atoms with Crippen LogP contribution in [0.5, 0.6) is 0 Å². The monoisotopic (exact) mass is 583 g/mol. The highest BCUT2D eigenvalue weighted by molar-refractivity contribution is 8.04. The van der Waals surface area contributed by atoms with Crippen molar-refractivity contribution in [2.24, 2.45) is 0 Å². The lowest BCUT2D eigenvalue weighted by Crippen LogP contribution is -2.56. The normalized spacial score (nSPS) is 19.2. The molecule has 1 N–H and O–H groups in total. The first-order chi connectivity index (χ1) is 16.6. The standard InChI is InChI=1S/C27H33N5OS.3ClH/c1-20-17-30(18-21(2)31(20)19-22-9-4-3-5-10-22)14-7-6-13-28-27(33)24-15-23-16-29-25-11-8-12-26(34-24)32(23)25;;;/h3-5,8-12,15-16,20-21H,6-7,13-14,17-19H2,1-2H3,(H,28,33);3*1H. The summed E-state index contributed by atoms with van der Waals surface area (Å²) >= 11 is 1.51. The highest BCUT2D eigenvalue weighted by atomic mass is 35.5. The molecular formula is C27H36Cl3N5OS. The number of pyridine rings is 1. The molecule has 1 aromatic carbocycles. The minimum atomic E-state index is 0. The Kier molecular flexibility index (Phi) is 12.3. The number of imidazole rings is 1. The number of piperazine rings is 1. The average Bonchev–Trinajstić information content (AvgIpc) is 3.26. The van der Waals surface area contributed by atoms with E-state index in [0.29, 0.717) is 18.6 Å². The molecule has 202 valence electrons. The second-order valence-corrected chi connectivity index (χ2v) is 10.5. The number of hydrogen-bond acceptors (Lipinski definition) is 5. The number of benzene rings is 1. The van der Waals surface area contributed by atoms with Crippen LogP contribution in [0.3, 0.4) is 0 Å². The third kappa shape index (κ3) is 7.43. The van der Waals surface area contributed by atoms with Crippen LogP contribution in [0.2, 0.25) is 0 Å². The van der Waals surface area contributed by atoms with Gasteiger partial charge in [-0.05, 0) is 57.0 Å². The molecule has 0 bridgehead atoms. The zero-order valence-electron chi connectivity index (χ0n) is 21.2. The summed E-state index contributed by atoms with van der Waals surface area (Å²) in [5.74, 6) is 0.00576. The molecule has 1 amide bonds. The number of halogens is 3. The van der Waals surface area contributed by atoms with E-state index in [1.54, 1.807) is 0 Å². The number of rotatable bonds is 8. The predicted molar refractivity (Wildman–Crippen MR) is 160 cm³/mol. The fourth-order valence-electron chi connectivity index (χ4n) is 5.10. The summed E-state index contributed by atoms with van der Waals surface area (Å²) < 4.78 is 2.09. The van der Waals surface area contributed by atoms with Crippen molar-refractivity contribution >= 4 is 66.6 Å². The molecule has 0 saturated carbocycles. The lowest BCUT2D eigenvalue weighted by molar-refractivity contribution is -0.116. The fourth-order valence-corrected chi connectivity index (χ4v) is 6.11. The molecule has 2 unspecified atom stereocenters.